The molecule has 0 aliphatic rings. The van der Waals surface area contributed by atoms with Crippen molar-refractivity contribution < 1.29 is 8.42 Å². The summed E-state index contributed by atoms with van der Waals surface area (Å²) in [5.41, 5.74) is 3.63. The number of aromatic nitrogens is 1. The van der Waals surface area contributed by atoms with Crippen LogP contribution in [-0.2, 0) is 16.4 Å². The Bertz CT molecular complexity index is 869. The van der Waals surface area contributed by atoms with Crippen LogP contribution < -0.4 is 10.6 Å². The molecule has 0 atom stereocenters. The molecule has 2 rings (SSSR count). The summed E-state index contributed by atoms with van der Waals surface area (Å²) in [6, 6.07) is 6.40. The fourth-order valence-electron chi connectivity index (χ4n) is 3.09. The number of nitrogens with zero attached hydrogens (tertiary/aromatic N) is 2. The monoisotopic (exact) mass is 393 g/mol. The number of sulfonamides is 1. The van der Waals surface area contributed by atoms with Crippen LogP contribution in [0.1, 0.15) is 25.0 Å². The Balaban J connectivity index is 1.82. The van der Waals surface area contributed by atoms with Gasteiger partial charge in [-0.1, -0.05) is 26.0 Å². The second kappa shape index (κ2) is 9.75. The van der Waals surface area contributed by atoms with Gasteiger partial charge in [0.15, 0.2) is 5.96 Å². The number of fused-ring (bicyclic) bond motifs is 1. The summed E-state index contributed by atoms with van der Waals surface area (Å²) >= 11 is 0. The average Bonchev–Trinajstić information content (AvgIpc) is 3.03. The Morgan fingerprint density at radius 3 is 2.56 bits per heavy atom. The highest BCUT2D eigenvalue weighted by Gasteiger charge is 2.18. The normalized spacial score (nSPS) is 12.7. The van der Waals surface area contributed by atoms with Crippen LogP contribution in [0.25, 0.3) is 10.9 Å². The molecule has 1 heterocycles. The van der Waals surface area contributed by atoms with Gasteiger partial charge in [0.1, 0.15) is 0 Å². The molecule has 0 amide bonds. The molecule has 27 heavy (non-hydrogen) atoms. The van der Waals surface area contributed by atoms with E-state index in [4.69, 9.17) is 0 Å². The molecule has 7 nitrogen and oxygen atoms in total. The Hall–Kier alpha value is -2.06. The fraction of sp³-hybridized carbons (Fsp3) is 0.526. The Kier molecular flexibility index (Phi) is 7.67. The molecule has 0 unspecified atom stereocenters. The summed E-state index contributed by atoms with van der Waals surface area (Å²) in [5.74, 6) is 0.664. The molecule has 150 valence electrons. The summed E-state index contributed by atoms with van der Waals surface area (Å²) < 4.78 is 25.9. The highest BCUT2D eigenvalue weighted by molar-refractivity contribution is 7.89. The van der Waals surface area contributed by atoms with Crippen molar-refractivity contribution in [1.29, 1.82) is 0 Å². The van der Waals surface area contributed by atoms with Crippen molar-refractivity contribution in [3.8, 4) is 0 Å². The first-order valence-electron chi connectivity index (χ1n) is 9.40. The molecule has 3 N–H and O–H groups in total. The topological polar surface area (TPSA) is 89.6 Å². The molecule has 0 aliphatic carbocycles. The van der Waals surface area contributed by atoms with E-state index < -0.39 is 10.0 Å². The SMILES string of the molecule is CCN(CC)S(=O)(=O)CCNC(=NC)NCCc1c[nH]c2cc(C)ccc12. The van der Waals surface area contributed by atoms with Crippen LogP contribution in [0.2, 0.25) is 0 Å². The standard InChI is InChI=1S/C19H31N5O2S/c1-5-24(6-2)27(25,26)12-11-22-19(20-4)21-10-9-16-14-23-18-13-15(3)7-8-17(16)18/h7-8,13-14,23H,5-6,9-12H2,1-4H3,(H2,20,21,22). The third-order valence-corrected chi connectivity index (χ3v) is 6.61. The van der Waals surface area contributed by atoms with Crippen molar-refractivity contribution in [3.05, 3.63) is 35.5 Å². The molecule has 8 heteroatoms. The molecule has 0 aliphatic heterocycles. The molecular formula is C19H31N5O2S. The van der Waals surface area contributed by atoms with E-state index in [2.05, 4.69) is 45.7 Å². The first-order valence-corrected chi connectivity index (χ1v) is 11.0. The van der Waals surface area contributed by atoms with Crippen molar-refractivity contribution in [1.82, 2.24) is 19.9 Å². The smallest absolute Gasteiger partial charge is 0.215 e. The molecular weight excluding hydrogens is 362 g/mol. The number of guanidine groups is 1. The fourth-order valence-corrected chi connectivity index (χ4v) is 4.49. The number of aryl methyl sites for hydroxylation is 1. The molecule has 0 radical (unpaired) electrons. The van der Waals surface area contributed by atoms with Crippen molar-refractivity contribution in [2.75, 3.05) is 39.0 Å². The first-order chi connectivity index (χ1) is 12.9. The molecule has 2 aromatic rings. The van der Waals surface area contributed by atoms with Gasteiger partial charge in [0, 0.05) is 50.3 Å². The van der Waals surface area contributed by atoms with Gasteiger partial charge < -0.3 is 15.6 Å². The minimum absolute atomic E-state index is 0.0528. The van der Waals surface area contributed by atoms with Gasteiger partial charge in [-0.25, -0.2) is 12.7 Å². The quantitative estimate of drug-likeness (QED) is 0.448. The average molecular weight is 394 g/mol. The number of hydrogen-bond donors (Lipinski definition) is 3. The van der Waals surface area contributed by atoms with Crippen molar-refractivity contribution in [2.45, 2.75) is 27.2 Å². The lowest BCUT2D eigenvalue weighted by Crippen LogP contribution is -2.42. The van der Waals surface area contributed by atoms with Crippen LogP contribution in [0.5, 0.6) is 0 Å². The molecule has 1 aromatic heterocycles. The number of rotatable bonds is 9. The van der Waals surface area contributed by atoms with Gasteiger partial charge in [0.2, 0.25) is 10.0 Å². The summed E-state index contributed by atoms with van der Waals surface area (Å²) in [6.45, 7) is 7.81. The maximum atomic E-state index is 12.2. The van der Waals surface area contributed by atoms with Crippen molar-refractivity contribution in [2.24, 2.45) is 4.99 Å². The summed E-state index contributed by atoms with van der Waals surface area (Å²) in [4.78, 5) is 7.47. The van der Waals surface area contributed by atoms with E-state index in [1.807, 2.05) is 20.0 Å². The second-order valence-electron chi connectivity index (χ2n) is 6.44. The van der Waals surface area contributed by atoms with E-state index in [1.54, 1.807) is 7.05 Å². The van der Waals surface area contributed by atoms with E-state index >= 15 is 0 Å². The van der Waals surface area contributed by atoms with Crippen molar-refractivity contribution >= 4 is 26.9 Å². The third kappa shape index (κ3) is 5.71. The maximum absolute atomic E-state index is 12.2. The lowest BCUT2D eigenvalue weighted by molar-refractivity contribution is 0.445. The van der Waals surface area contributed by atoms with E-state index in [1.165, 1.54) is 20.8 Å². The van der Waals surface area contributed by atoms with Crippen molar-refractivity contribution in [3.63, 3.8) is 0 Å². The van der Waals surface area contributed by atoms with Crippen LogP contribution in [0.3, 0.4) is 0 Å². The zero-order valence-electron chi connectivity index (χ0n) is 16.7. The Morgan fingerprint density at radius 2 is 1.89 bits per heavy atom. The van der Waals surface area contributed by atoms with Crippen LogP contribution >= 0.6 is 0 Å². The van der Waals surface area contributed by atoms with Crippen LogP contribution in [0.4, 0.5) is 0 Å². The Labute approximate surface area is 162 Å². The lowest BCUT2D eigenvalue weighted by atomic mass is 10.1. The maximum Gasteiger partial charge on any atom is 0.215 e. The number of benzene rings is 1. The highest BCUT2D eigenvalue weighted by atomic mass is 32.2. The zero-order valence-corrected chi connectivity index (χ0v) is 17.5. The van der Waals surface area contributed by atoms with Gasteiger partial charge in [-0.15, -0.1) is 0 Å². The van der Waals surface area contributed by atoms with Gasteiger partial charge in [0.25, 0.3) is 0 Å². The molecule has 0 spiro atoms. The Morgan fingerprint density at radius 1 is 1.19 bits per heavy atom. The molecule has 1 aromatic carbocycles. The molecule has 0 bridgehead atoms. The predicted molar refractivity (Wildman–Crippen MR) is 113 cm³/mol. The molecule has 0 fully saturated rings. The minimum Gasteiger partial charge on any atom is -0.361 e. The van der Waals surface area contributed by atoms with Crippen LogP contribution in [0, 0.1) is 6.92 Å². The van der Waals surface area contributed by atoms with E-state index in [9.17, 15) is 8.42 Å². The van der Waals surface area contributed by atoms with Gasteiger partial charge in [-0.3, -0.25) is 4.99 Å². The van der Waals surface area contributed by atoms with E-state index in [0.717, 1.165) is 11.9 Å². The number of nitrogens with one attached hydrogen (secondary N) is 3. The van der Waals surface area contributed by atoms with E-state index in [-0.39, 0.29) is 5.75 Å². The highest BCUT2D eigenvalue weighted by Crippen LogP contribution is 2.19. The zero-order chi connectivity index (χ0) is 19.9. The van der Waals surface area contributed by atoms with E-state index in [0.29, 0.717) is 32.1 Å². The predicted octanol–water partition coefficient (Wildman–Crippen LogP) is 1.86. The minimum atomic E-state index is -3.23. The van der Waals surface area contributed by atoms with Gasteiger partial charge in [-0.05, 0) is 30.5 Å². The molecule has 0 saturated carbocycles. The van der Waals surface area contributed by atoms with Gasteiger partial charge in [0.05, 0.1) is 5.75 Å². The largest absolute Gasteiger partial charge is 0.361 e. The van der Waals surface area contributed by atoms with Gasteiger partial charge in [-0.2, -0.15) is 0 Å². The lowest BCUT2D eigenvalue weighted by Gasteiger charge is -2.19. The second-order valence-corrected chi connectivity index (χ2v) is 8.53. The van der Waals surface area contributed by atoms with Crippen LogP contribution in [0.15, 0.2) is 29.4 Å². The number of hydrogen-bond acceptors (Lipinski definition) is 3. The number of H-pyrrole nitrogens is 1. The summed E-state index contributed by atoms with van der Waals surface area (Å²) in [6.07, 6.45) is 2.89. The number of aliphatic imine (C=N–C) groups is 1. The van der Waals surface area contributed by atoms with Crippen LogP contribution in [-0.4, -0.2) is 62.6 Å². The summed E-state index contributed by atoms with van der Waals surface area (Å²) in [7, 11) is -1.54. The van der Waals surface area contributed by atoms with Gasteiger partial charge >= 0.3 is 0 Å². The first kappa shape index (κ1) is 21.2. The summed E-state index contributed by atoms with van der Waals surface area (Å²) in [5, 5.41) is 7.55. The molecule has 0 saturated heterocycles. The number of aromatic amines is 1. The third-order valence-electron chi connectivity index (χ3n) is 4.58.